The highest BCUT2D eigenvalue weighted by atomic mass is 16.2. The van der Waals surface area contributed by atoms with Crippen LogP contribution >= 0.6 is 0 Å². The van der Waals surface area contributed by atoms with Crippen molar-refractivity contribution in [3.05, 3.63) is 72.3 Å². The lowest BCUT2D eigenvalue weighted by Gasteiger charge is -2.34. The Morgan fingerprint density at radius 1 is 1.03 bits per heavy atom. The number of likely N-dealkylation sites (tertiary alicyclic amines) is 1. The second-order valence-electron chi connectivity index (χ2n) is 7.95. The number of amides is 1. The number of hydrogen-bond donors (Lipinski definition) is 1. The van der Waals surface area contributed by atoms with Gasteiger partial charge in [0, 0.05) is 36.7 Å². The van der Waals surface area contributed by atoms with Crippen molar-refractivity contribution in [3.8, 4) is 11.3 Å². The molecule has 2 bridgehead atoms. The first-order chi connectivity index (χ1) is 14.2. The molecule has 0 aromatic carbocycles. The number of piperidine rings is 1. The second kappa shape index (κ2) is 7.28. The van der Waals surface area contributed by atoms with E-state index in [4.69, 9.17) is 0 Å². The molecular formula is C23H23N5O. The van der Waals surface area contributed by atoms with E-state index in [-0.39, 0.29) is 18.0 Å². The van der Waals surface area contributed by atoms with Gasteiger partial charge in [-0.15, -0.1) is 0 Å². The Morgan fingerprint density at radius 2 is 1.93 bits per heavy atom. The molecule has 2 aliphatic rings. The minimum absolute atomic E-state index is 0.0119. The summed E-state index contributed by atoms with van der Waals surface area (Å²) >= 11 is 0. The molecule has 0 spiro atoms. The summed E-state index contributed by atoms with van der Waals surface area (Å²) in [6.07, 6.45) is 7.38. The molecule has 1 aliphatic heterocycles. The number of anilines is 1. The minimum atomic E-state index is -0.0119. The zero-order valence-electron chi connectivity index (χ0n) is 16.3. The first-order valence-corrected chi connectivity index (χ1v) is 10.1. The minimum Gasteiger partial charge on any atom is -0.365 e. The fourth-order valence-corrected chi connectivity index (χ4v) is 4.60. The van der Waals surface area contributed by atoms with E-state index in [9.17, 15) is 4.79 Å². The van der Waals surface area contributed by atoms with E-state index in [1.165, 1.54) is 0 Å². The van der Waals surface area contributed by atoms with E-state index in [2.05, 4.69) is 26.3 Å². The standard InChI is InChI=1S/C23H23N5O/c1-15-7-8-21(26-13-15)27-19-11-16-12-20(19)28(14-16)23(29)22-17(5-4-10-25-22)18-6-2-3-9-24-18/h2-10,13,16,19-20H,11-12,14H2,1H3,(H,26,27). The first-order valence-electron chi connectivity index (χ1n) is 10.1. The maximum Gasteiger partial charge on any atom is 0.273 e. The summed E-state index contributed by atoms with van der Waals surface area (Å²) in [6, 6.07) is 13.9. The quantitative estimate of drug-likeness (QED) is 0.744. The van der Waals surface area contributed by atoms with Crippen LogP contribution in [0, 0.1) is 12.8 Å². The Kier molecular flexibility index (Phi) is 4.46. The molecule has 29 heavy (non-hydrogen) atoms. The van der Waals surface area contributed by atoms with Crippen LogP contribution in [0.3, 0.4) is 0 Å². The van der Waals surface area contributed by atoms with Gasteiger partial charge in [-0.25, -0.2) is 4.98 Å². The molecule has 1 saturated heterocycles. The maximum absolute atomic E-state index is 13.5. The summed E-state index contributed by atoms with van der Waals surface area (Å²) in [4.78, 5) is 28.8. The fourth-order valence-electron chi connectivity index (χ4n) is 4.60. The molecule has 146 valence electrons. The van der Waals surface area contributed by atoms with Crippen LogP contribution in [0.5, 0.6) is 0 Å². The number of aromatic nitrogens is 3. The average Bonchev–Trinajstić information content (AvgIpc) is 3.36. The topological polar surface area (TPSA) is 71.0 Å². The smallest absolute Gasteiger partial charge is 0.273 e. The number of carbonyl (C=O) groups is 1. The lowest BCUT2D eigenvalue weighted by molar-refractivity contribution is 0.0687. The van der Waals surface area contributed by atoms with Crippen molar-refractivity contribution in [1.82, 2.24) is 19.9 Å². The van der Waals surface area contributed by atoms with Crippen molar-refractivity contribution in [2.75, 3.05) is 11.9 Å². The molecule has 4 heterocycles. The van der Waals surface area contributed by atoms with Crippen LogP contribution in [0.25, 0.3) is 11.3 Å². The van der Waals surface area contributed by atoms with Crippen molar-refractivity contribution in [2.24, 2.45) is 5.92 Å². The molecule has 2 fully saturated rings. The molecule has 1 N–H and O–H groups in total. The van der Waals surface area contributed by atoms with Gasteiger partial charge < -0.3 is 10.2 Å². The lowest BCUT2D eigenvalue weighted by atomic mass is 10.0. The Morgan fingerprint density at radius 3 is 2.69 bits per heavy atom. The van der Waals surface area contributed by atoms with Crippen LogP contribution in [0.2, 0.25) is 0 Å². The molecule has 5 rings (SSSR count). The van der Waals surface area contributed by atoms with Gasteiger partial charge in [-0.3, -0.25) is 14.8 Å². The van der Waals surface area contributed by atoms with Crippen LogP contribution in [0.1, 0.15) is 28.9 Å². The van der Waals surface area contributed by atoms with Gasteiger partial charge in [0.15, 0.2) is 0 Å². The summed E-state index contributed by atoms with van der Waals surface area (Å²) in [5, 5.41) is 3.54. The maximum atomic E-state index is 13.5. The number of pyridine rings is 3. The second-order valence-corrected chi connectivity index (χ2v) is 7.95. The van der Waals surface area contributed by atoms with Crippen molar-refractivity contribution in [3.63, 3.8) is 0 Å². The largest absolute Gasteiger partial charge is 0.365 e. The summed E-state index contributed by atoms with van der Waals surface area (Å²) < 4.78 is 0. The van der Waals surface area contributed by atoms with Crippen LogP contribution in [0.4, 0.5) is 5.82 Å². The van der Waals surface area contributed by atoms with Crippen LogP contribution in [-0.4, -0.2) is 44.4 Å². The summed E-state index contributed by atoms with van der Waals surface area (Å²) in [5.41, 5.74) is 3.17. The molecule has 3 unspecified atom stereocenters. The predicted molar refractivity (Wildman–Crippen MR) is 111 cm³/mol. The number of aryl methyl sites for hydroxylation is 1. The molecule has 1 saturated carbocycles. The number of carbonyl (C=O) groups excluding carboxylic acids is 1. The zero-order chi connectivity index (χ0) is 19.8. The third-order valence-electron chi connectivity index (χ3n) is 5.94. The molecule has 3 aromatic rings. The van der Waals surface area contributed by atoms with Crippen LogP contribution in [-0.2, 0) is 0 Å². The molecule has 6 heteroatoms. The number of nitrogens with one attached hydrogen (secondary N) is 1. The van der Waals surface area contributed by atoms with Crippen LogP contribution < -0.4 is 5.32 Å². The number of rotatable bonds is 4. The number of hydrogen-bond acceptors (Lipinski definition) is 5. The van der Waals surface area contributed by atoms with Crippen LogP contribution in [0.15, 0.2) is 61.1 Å². The van der Waals surface area contributed by atoms with E-state index >= 15 is 0 Å². The highest BCUT2D eigenvalue weighted by molar-refractivity contribution is 5.99. The molecule has 6 nitrogen and oxygen atoms in total. The van der Waals surface area contributed by atoms with E-state index in [1.54, 1.807) is 12.4 Å². The fraction of sp³-hybridized carbons (Fsp3) is 0.304. The molecular weight excluding hydrogens is 362 g/mol. The van der Waals surface area contributed by atoms with Gasteiger partial charge in [0.25, 0.3) is 5.91 Å². The molecule has 1 amide bonds. The third kappa shape index (κ3) is 3.35. The van der Waals surface area contributed by atoms with Gasteiger partial charge in [0.05, 0.1) is 11.7 Å². The molecule has 1 aliphatic carbocycles. The molecule has 0 radical (unpaired) electrons. The van der Waals surface area contributed by atoms with E-state index in [0.29, 0.717) is 11.6 Å². The van der Waals surface area contributed by atoms with Crippen molar-refractivity contribution < 1.29 is 4.79 Å². The highest BCUT2D eigenvalue weighted by Gasteiger charge is 2.47. The predicted octanol–water partition coefficient (Wildman–Crippen LogP) is 3.56. The van der Waals surface area contributed by atoms with E-state index in [0.717, 1.165) is 42.0 Å². The summed E-state index contributed by atoms with van der Waals surface area (Å²) in [5.74, 6) is 1.38. The molecule has 3 aromatic heterocycles. The average molecular weight is 385 g/mol. The normalized spacial score (nSPS) is 22.7. The lowest BCUT2D eigenvalue weighted by Crippen LogP contribution is -2.48. The third-order valence-corrected chi connectivity index (χ3v) is 5.94. The number of fused-ring (bicyclic) bond motifs is 2. The van der Waals surface area contributed by atoms with E-state index < -0.39 is 0 Å². The highest BCUT2D eigenvalue weighted by Crippen LogP contribution is 2.40. The molecule has 3 atom stereocenters. The van der Waals surface area contributed by atoms with Gasteiger partial charge in [-0.2, -0.15) is 0 Å². The SMILES string of the molecule is Cc1ccc(NC2CC3CC2N(C(=O)c2ncccc2-c2ccccn2)C3)nc1. The van der Waals surface area contributed by atoms with Crippen molar-refractivity contribution in [2.45, 2.75) is 31.8 Å². The van der Waals surface area contributed by atoms with Crippen molar-refractivity contribution >= 4 is 11.7 Å². The Hall–Kier alpha value is -3.28. The Balaban J connectivity index is 1.39. The first kappa shape index (κ1) is 17.8. The van der Waals surface area contributed by atoms with Gasteiger partial charge >= 0.3 is 0 Å². The number of nitrogens with zero attached hydrogens (tertiary/aromatic N) is 4. The zero-order valence-corrected chi connectivity index (χ0v) is 16.3. The van der Waals surface area contributed by atoms with Crippen molar-refractivity contribution in [1.29, 1.82) is 0 Å². The van der Waals surface area contributed by atoms with Gasteiger partial charge in [0.2, 0.25) is 0 Å². The van der Waals surface area contributed by atoms with E-state index in [1.807, 2.05) is 54.4 Å². The Bertz CT molecular complexity index is 1020. The van der Waals surface area contributed by atoms with Gasteiger partial charge in [0.1, 0.15) is 11.5 Å². The Labute approximate surface area is 170 Å². The summed E-state index contributed by atoms with van der Waals surface area (Å²) in [6.45, 7) is 2.82. The van der Waals surface area contributed by atoms with Gasteiger partial charge in [-0.1, -0.05) is 12.1 Å². The summed E-state index contributed by atoms with van der Waals surface area (Å²) in [7, 11) is 0. The monoisotopic (exact) mass is 385 g/mol. The van der Waals surface area contributed by atoms with Gasteiger partial charge in [-0.05, 0) is 61.6 Å².